The van der Waals surface area contributed by atoms with Gasteiger partial charge in [-0.3, -0.25) is 0 Å². The molecule has 0 bridgehead atoms. The molecule has 0 radical (unpaired) electrons. The molecule has 7 nitrogen and oxygen atoms in total. The van der Waals surface area contributed by atoms with Gasteiger partial charge in [-0.15, -0.1) is 0 Å². The molecular weight excluding hydrogens is 594 g/mol. The van der Waals surface area contributed by atoms with Crippen LogP contribution < -0.4 is 23.8 Å². The van der Waals surface area contributed by atoms with E-state index in [-0.39, 0.29) is 0 Å². The van der Waals surface area contributed by atoms with Crippen LogP contribution in [0.25, 0.3) is 0 Å². The molecule has 0 unspecified atom stereocenters. The van der Waals surface area contributed by atoms with Crippen molar-refractivity contribution in [2.75, 3.05) is 0 Å². The highest BCUT2D eigenvalue weighted by molar-refractivity contribution is 6.29. The Labute approximate surface area is 255 Å². The molecule has 0 atom stereocenters. The van der Waals surface area contributed by atoms with Gasteiger partial charge in [0.05, 0.1) is 23.3 Å². The zero-order valence-electron chi connectivity index (χ0n) is 23.3. The summed E-state index contributed by atoms with van der Waals surface area (Å²) in [5.74, 6) is -13.6. The molecule has 2 heterocycles. The van der Waals surface area contributed by atoms with Crippen molar-refractivity contribution in [1.29, 1.82) is 10.5 Å². The number of pyridine rings is 2. The summed E-state index contributed by atoms with van der Waals surface area (Å²) in [5.41, 5.74) is 3.90. The molecule has 3 aromatic carbocycles. The summed E-state index contributed by atoms with van der Waals surface area (Å²) in [7, 11) is -3.20. The Morgan fingerprint density at radius 1 is 0.556 bits per heavy atom. The number of aromatic nitrogens is 2. The number of halogens is 5. The highest BCUT2D eigenvalue weighted by atomic mass is 19.2. The van der Waals surface area contributed by atoms with Gasteiger partial charge >= 0.3 is 0 Å². The summed E-state index contributed by atoms with van der Waals surface area (Å²) in [6.45, 7) is 1.68. The fraction of sp³-hybridized carbons (Fsp3) is 0.0625. The van der Waals surface area contributed by atoms with Crippen LogP contribution in [0.4, 0.5) is 22.0 Å². The van der Waals surface area contributed by atoms with E-state index in [0.717, 1.165) is 13.1 Å². The zero-order chi connectivity index (χ0) is 32.8. The molecule has 0 saturated heterocycles. The number of benzene rings is 3. The van der Waals surface area contributed by atoms with E-state index in [4.69, 9.17) is 10.5 Å². The maximum atomic E-state index is 12.6. The summed E-state index contributed by atoms with van der Waals surface area (Å²) < 4.78 is 70.0. The quantitative estimate of drug-likeness (QED) is 0.0957. The first-order valence-electron chi connectivity index (χ1n) is 13.0. The minimum absolute atomic E-state index is 0.694. The number of nitriles is 2. The SMILES string of the molecule is N#Cc1cc[n+](Cc2ccccc2)cc1.N#Cc1cc[n+](Cc2ccccc2)cc1.[O-]B([O-])Oc1c(F)c(F)c(F)c(F)c1F. The minimum Gasteiger partial charge on any atom is -0.860 e. The Morgan fingerprint density at radius 2 is 0.889 bits per heavy atom. The maximum absolute atomic E-state index is 12.6. The van der Waals surface area contributed by atoms with Gasteiger partial charge in [-0.2, -0.15) is 19.3 Å². The van der Waals surface area contributed by atoms with Gasteiger partial charge in [0.1, 0.15) is 7.32 Å². The van der Waals surface area contributed by atoms with Crippen LogP contribution in [-0.2, 0) is 13.1 Å². The molecule has 0 saturated carbocycles. The third-order valence-corrected chi connectivity index (χ3v) is 5.84. The molecule has 0 aliphatic heterocycles. The Balaban J connectivity index is 0.000000184. The number of nitrogens with zero attached hydrogens (tertiary/aromatic N) is 4. The highest BCUT2D eigenvalue weighted by Gasteiger charge is 2.26. The first kappa shape index (κ1) is 33.9. The second kappa shape index (κ2) is 16.9. The van der Waals surface area contributed by atoms with Gasteiger partial charge in [-0.1, -0.05) is 60.7 Å². The molecule has 5 rings (SSSR count). The van der Waals surface area contributed by atoms with Crippen LogP contribution >= 0.6 is 0 Å². The number of hydrogen-bond acceptors (Lipinski definition) is 5. The van der Waals surface area contributed by atoms with Crippen molar-refractivity contribution in [2.24, 2.45) is 0 Å². The number of hydrogen-bond donors (Lipinski definition) is 0. The Kier molecular flexibility index (Phi) is 12.7. The monoisotopic (exact) mass is 616 g/mol. The normalized spacial score (nSPS) is 9.80. The first-order chi connectivity index (χ1) is 21.6. The molecule has 0 aliphatic rings. The van der Waals surface area contributed by atoms with Crippen LogP contribution in [0.2, 0.25) is 0 Å². The predicted molar refractivity (Wildman–Crippen MR) is 146 cm³/mol. The second-order valence-electron chi connectivity index (χ2n) is 9.02. The molecule has 2 aromatic heterocycles. The Morgan fingerprint density at radius 3 is 1.20 bits per heavy atom. The topological polar surface area (TPSA) is 111 Å². The van der Waals surface area contributed by atoms with Crippen LogP contribution in [0.1, 0.15) is 22.3 Å². The van der Waals surface area contributed by atoms with Gasteiger partial charge in [-0.05, 0) is 0 Å². The summed E-state index contributed by atoms with van der Waals surface area (Å²) in [6.07, 6.45) is 7.69. The average Bonchev–Trinajstić information content (AvgIpc) is 3.07. The van der Waals surface area contributed by atoms with Crippen molar-refractivity contribution in [3.05, 3.63) is 161 Å². The average molecular weight is 616 g/mol. The molecule has 5 aromatic rings. The number of rotatable bonds is 6. The van der Waals surface area contributed by atoms with Crippen molar-refractivity contribution in [2.45, 2.75) is 13.1 Å². The molecule has 0 fully saturated rings. The molecule has 13 heteroatoms. The van der Waals surface area contributed by atoms with Gasteiger partial charge in [0.25, 0.3) is 0 Å². The van der Waals surface area contributed by atoms with E-state index in [1.807, 2.05) is 85.5 Å². The lowest BCUT2D eigenvalue weighted by Crippen LogP contribution is -2.50. The molecule has 0 N–H and O–H groups in total. The molecule has 226 valence electrons. The summed E-state index contributed by atoms with van der Waals surface area (Å²) in [5, 5.41) is 37.0. The van der Waals surface area contributed by atoms with Crippen LogP contribution in [0.5, 0.6) is 5.75 Å². The smallest absolute Gasteiger partial charge is 0.205 e. The van der Waals surface area contributed by atoms with Crippen molar-refractivity contribution >= 4 is 7.32 Å². The lowest BCUT2D eigenvalue weighted by Gasteiger charge is -2.27. The van der Waals surface area contributed by atoms with E-state index >= 15 is 0 Å². The van der Waals surface area contributed by atoms with Gasteiger partial charge in [0.2, 0.25) is 29.1 Å². The van der Waals surface area contributed by atoms with E-state index in [9.17, 15) is 32.0 Å². The predicted octanol–water partition coefficient (Wildman–Crippen LogP) is 3.25. The van der Waals surface area contributed by atoms with E-state index < -0.39 is 42.2 Å². The van der Waals surface area contributed by atoms with Crippen molar-refractivity contribution in [1.82, 2.24) is 0 Å². The fourth-order valence-corrected chi connectivity index (χ4v) is 3.65. The summed E-state index contributed by atoms with van der Waals surface area (Å²) >= 11 is 0. The van der Waals surface area contributed by atoms with Crippen molar-refractivity contribution in [3.63, 3.8) is 0 Å². The van der Waals surface area contributed by atoms with E-state index in [1.54, 1.807) is 0 Å². The standard InChI is InChI=1S/2C13H11N2.C6BF5O3/c2*14-10-12-6-8-15(9-7-12)11-13-4-2-1-3-5-13;8-1-2(9)4(11)6(15-7(13)14)5(12)3(1)10/h2*1-9H,11H2;/q2*+1;-2. The third-order valence-electron chi connectivity index (χ3n) is 5.84. The van der Waals surface area contributed by atoms with Crippen LogP contribution in [0.15, 0.2) is 110 Å². The lowest BCUT2D eigenvalue weighted by molar-refractivity contribution is -0.688. The highest BCUT2D eigenvalue weighted by Crippen LogP contribution is 2.28. The maximum Gasteiger partial charge on any atom is 0.205 e. The van der Waals surface area contributed by atoms with Crippen LogP contribution in [0.3, 0.4) is 0 Å². The van der Waals surface area contributed by atoms with Gasteiger partial charge < -0.3 is 14.7 Å². The van der Waals surface area contributed by atoms with E-state index in [2.05, 4.69) is 50.2 Å². The third kappa shape index (κ3) is 10.3. The molecule has 0 aliphatic carbocycles. The largest absolute Gasteiger partial charge is 0.860 e. The van der Waals surface area contributed by atoms with Gasteiger partial charge in [0.15, 0.2) is 43.6 Å². The van der Waals surface area contributed by atoms with E-state index in [0.29, 0.717) is 11.1 Å². The minimum atomic E-state index is -3.20. The Hall–Kier alpha value is -5.63. The molecule has 0 spiro atoms. The molecular formula is C32H22BF5N4O3. The molecule has 45 heavy (non-hydrogen) atoms. The lowest BCUT2D eigenvalue weighted by atomic mass is 10.2. The second-order valence-corrected chi connectivity index (χ2v) is 9.02. The van der Waals surface area contributed by atoms with Gasteiger partial charge in [-0.25, -0.2) is 22.3 Å². The van der Waals surface area contributed by atoms with Gasteiger partial charge in [0, 0.05) is 35.4 Å². The zero-order valence-corrected chi connectivity index (χ0v) is 23.3. The van der Waals surface area contributed by atoms with Crippen LogP contribution in [0, 0.1) is 51.7 Å². The molecule has 0 amide bonds. The first-order valence-corrected chi connectivity index (χ1v) is 13.0. The van der Waals surface area contributed by atoms with Crippen LogP contribution in [-0.4, -0.2) is 7.32 Å². The van der Waals surface area contributed by atoms with Crippen molar-refractivity contribution in [3.8, 4) is 17.9 Å². The fourth-order valence-electron chi connectivity index (χ4n) is 3.65. The van der Waals surface area contributed by atoms with Crippen molar-refractivity contribution < 1.29 is 45.8 Å². The summed E-state index contributed by atoms with van der Waals surface area (Å²) in [6, 6.07) is 32.0. The van der Waals surface area contributed by atoms with E-state index in [1.165, 1.54) is 11.1 Å². The Bertz CT molecular complexity index is 1640. The summed E-state index contributed by atoms with van der Waals surface area (Å²) in [4.78, 5) is 0.